The quantitative estimate of drug-likeness (QED) is 0.806. The van der Waals surface area contributed by atoms with Gasteiger partial charge in [-0.1, -0.05) is 54.6 Å². The van der Waals surface area contributed by atoms with E-state index < -0.39 is 6.10 Å². The lowest BCUT2D eigenvalue weighted by Gasteiger charge is -2.25. The maximum atomic E-state index is 12.4. The molecule has 120 valence electrons. The molecule has 0 bridgehead atoms. The van der Waals surface area contributed by atoms with Crippen molar-refractivity contribution in [2.24, 2.45) is 0 Å². The molecule has 3 aromatic carbocycles. The highest BCUT2D eigenvalue weighted by Crippen LogP contribution is 2.30. The molecule has 0 fully saturated rings. The first-order valence-electron chi connectivity index (χ1n) is 7.94. The van der Waals surface area contributed by atoms with Gasteiger partial charge >= 0.3 is 0 Å². The predicted molar refractivity (Wildman–Crippen MR) is 92.1 cm³/mol. The number of hydrogen-bond donors (Lipinski definition) is 1. The fourth-order valence-corrected chi connectivity index (χ4v) is 2.89. The molecule has 1 amide bonds. The maximum absolute atomic E-state index is 12.4. The van der Waals surface area contributed by atoms with E-state index in [0.717, 1.165) is 16.3 Å². The first kappa shape index (κ1) is 14.6. The van der Waals surface area contributed by atoms with Crippen molar-refractivity contribution in [3.8, 4) is 11.5 Å². The molecule has 1 aliphatic rings. The van der Waals surface area contributed by atoms with Crippen molar-refractivity contribution < 1.29 is 14.3 Å². The molecule has 4 nitrogen and oxygen atoms in total. The van der Waals surface area contributed by atoms with Gasteiger partial charge in [-0.2, -0.15) is 0 Å². The van der Waals surface area contributed by atoms with Crippen LogP contribution in [0.25, 0.3) is 10.8 Å². The lowest BCUT2D eigenvalue weighted by molar-refractivity contribution is -0.130. The minimum absolute atomic E-state index is 0.169. The van der Waals surface area contributed by atoms with Crippen LogP contribution in [0.15, 0.2) is 66.7 Å². The Kier molecular flexibility index (Phi) is 3.79. The van der Waals surface area contributed by atoms with E-state index in [1.807, 2.05) is 42.5 Å². The Hall–Kier alpha value is -3.01. The van der Waals surface area contributed by atoms with Crippen molar-refractivity contribution in [3.05, 3.63) is 72.3 Å². The zero-order valence-electron chi connectivity index (χ0n) is 13.1. The van der Waals surface area contributed by atoms with Crippen molar-refractivity contribution in [2.75, 3.05) is 6.61 Å². The number of nitrogens with one attached hydrogen (secondary N) is 1. The summed E-state index contributed by atoms with van der Waals surface area (Å²) in [7, 11) is 0. The van der Waals surface area contributed by atoms with Gasteiger partial charge in [-0.25, -0.2) is 0 Å². The number of ether oxygens (including phenoxy) is 2. The molecule has 1 atom stereocenters. The topological polar surface area (TPSA) is 47.6 Å². The van der Waals surface area contributed by atoms with Gasteiger partial charge in [-0.15, -0.1) is 0 Å². The number of rotatable bonds is 3. The third kappa shape index (κ3) is 2.78. The van der Waals surface area contributed by atoms with Crippen LogP contribution in [0.4, 0.5) is 0 Å². The van der Waals surface area contributed by atoms with E-state index in [1.54, 1.807) is 6.07 Å². The molecule has 24 heavy (non-hydrogen) atoms. The molecule has 1 heterocycles. The normalized spacial score (nSPS) is 15.9. The SMILES string of the molecule is O=C(NCc1cccc2ccccc12)[C@H]1COc2ccccc2O1. The number of fused-ring (bicyclic) bond motifs is 2. The van der Waals surface area contributed by atoms with E-state index in [4.69, 9.17) is 9.47 Å². The molecular weight excluding hydrogens is 302 g/mol. The van der Waals surface area contributed by atoms with E-state index in [2.05, 4.69) is 23.5 Å². The number of amides is 1. The third-order valence-corrected chi connectivity index (χ3v) is 4.13. The molecule has 1 N–H and O–H groups in total. The number of carbonyl (C=O) groups excluding carboxylic acids is 1. The Morgan fingerprint density at radius 3 is 2.62 bits per heavy atom. The van der Waals surface area contributed by atoms with Gasteiger partial charge < -0.3 is 14.8 Å². The van der Waals surface area contributed by atoms with Crippen molar-refractivity contribution in [1.29, 1.82) is 0 Å². The van der Waals surface area contributed by atoms with E-state index in [0.29, 0.717) is 18.0 Å². The fourth-order valence-electron chi connectivity index (χ4n) is 2.89. The summed E-state index contributed by atoms with van der Waals surface area (Å²) in [4.78, 5) is 12.4. The van der Waals surface area contributed by atoms with Gasteiger partial charge in [0.1, 0.15) is 6.61 Å². The van der Waals surface area contributed by atoms with Crippen molar-refractivity contribution >= 4 is 16.7 Å². The zero-order valence-corrected chi connectivity index (χ0v) is 13.1. The van der Waals surface area contributed by atoms with Gasteiger partial charge in [-0.05, 0) is 28.5 Å². The molecule has 0 aromatic heterocycles. The molecule has 0 spiro atoms. The van der Waals surface area contributed by atoms with Crippen molar-refractivity contribution in [2.45, 2.75) is 12.6 Å². The molecule has 0 radical (unpaired) electrons. The highest BCUT2D eigenvalue weighted by molar-refractivity contribution is 5.87. The zero-order chi connectivity index (χ0) is 16.4. The number of benzene rings is 3. The van der Waals surface area contributed by atoms with E-state index >= 15 is 0 Å². The summed E-state index contributed by atoms with van der Waals surface area (Å²) in [5.74, 6) is 1.11. The van der Waals surface area contributed by atoms with Crippen LogP contribution in [0, 0.1) is 0 Å². The van der Waals surface area contributed by atoms with E-state index in [1.165, 1.54) is 0 Å². The van der Waals surface area contributed by atoms with Crippen molar-refractivity contribution in [3.63, 3.8) is 0 Å². The summed E-state index contributed by atoms with van der Waals surface area (Å²) in [6.45, 7) is 0.681. The first-order chi connectivity index (χ1) is 11.8. The molecule has 0 saturated carbocycles. The second-order valence-corrected chi connectivity index (χ2v) is 5.72. The smallest absolute Gasteiger partial charge is 0.264 e. The van der Waals surface area contributed by atoms with Crippen LogP contribution in [0.3, 0.4) is 0 Å². The van der Waals surface area contributed by atoms with Crippen LogP contribution < -0.4 is 14.8 Å². The Balaban J connectivity index is 1.45. The average Bonchev–Trinajstić information content (AvgIpc) is 2.65. The number of hydrogen-bond acceptors (Lipinski definition) is 3. The van der Waals surface area contributed by atoms with Crippen LogP contribution in [-0.4, -0.2) is 18.6 Å². The third-order valence-electron chi connectivity index (χ3n) is 4.13. The first-order valence-corrected chi connectivity index (χ1v) is 7.94. The molecule has 4 heteroatoms. The highest BCUT2D eigenvalue weighted by atomic mass is 16.6. The van der Waals surface area contributed by atoms with Gasteiger partial charge in [0, 0.05) is 6.54 Å². The van der Waals surface area contributed by atoms with Gasteiger partial charge in [0.2, 0.25) is 6.10 Å². The minimum Gasteiger partial charge on any atom is -0.485 e. The summed E-state index contributed by atoms with van der Waals surface area (Å²) >= 11 is 0. The monoisotopic (exact) mass is 319 g/mol. The lowest BCUT2D eigenvalue weighted by atomic mass is 10.0. The van der Waals surface area contributed by atoms with Gasteiger partial charge in [0.15, 0.2) is 11.5 Å². The van der Waals surface area contributed by atoms with Crippen molar-refractivity contribution in [1.82, 2.24) is 5.32 Å². The van der Waals surface area contributed by atoms with Crippen LogP contribution in [0.1, 0.15) is 5.56 Å². The molecule has 1 aliphatic heterocycles. The standard InChI is InChI=1S/C20H17NO3/c22-20(19-13-23-17-10-3-4-11-18(17)24-19)21-12-15-8-5-7-14-6-1-2-9-16(14)15/h1-11,19H,12-13H2,(H,21,22)/t19-/m1/s1. The van der Waals surface area contributed by atoms with Crippen LogP contribution in [-0.2, 0) is 11.3 Å². The molecule has 4 rings (SSSR count). The predicted octanol–water partition coefficient (Wildman–Crippen LogP) is 3.30. The molecule has 0 unspecified atom stereocenters. The van der Waals surface area contributed by atoms with Crippen LogP contribution in [0.2, 0.25) is 0 Å². The summed E-state index contributed by atoms with van der Waals surface area (Å²) in [6, 6.07) is 21.6. The van der Waals surface area contributed by atoms with Gasteiger partial charge in [-0.3, -0.25) is 4.79 Å². The molecule has 0 aliphatic carbocycles. The second-order valence-electron chi connectivity index (χ2n) is 5.72. The van der Waals surface area contributed by atoms with Gasteiger partial charge in [0.25, 0.3) is 5.91 Å². The molecule has 3 aromatic rings. The molecule has 0 saturated heterocycles. The van der Waals surface area contributed by atoms with Gasteiger partial charge in [0.05, 0.1) is 0 Å². The summed E-state index contributed by atoms with van der Waals surface area (Å²) in [5, 5.41) is 5.25. The summed E-state index contributed by atoms with van der Waals surface area (Å²) in [5.41, 5.74) is 1.08. The number of carbonyl (C=O) groups is 1. The average molecular weight is 319 g/mol. The number of para-hydroxylation sites is 2. The Labute approximate surface area is 140 Å². The lowest BCUT2D eigenvalue weighted by Crippen LogP contribution is -2.43. The Morgan fingerprint density at radius 2 is 1.71 bits per heavy atom. The Bertz CT molecular complexity index is 885. The largest absolute Gasteiger partial charge is 0.485 e. The summed E-state index contributed by atoms with van der Waals surface area (Å²) in [6.07, 6.45) is -0.630. The highest BCUT2D eigenvalue weighted by Gasteiger charge is 2.26. The van der Waals surface area contributed by atoms with E-state index in [-0.39, 0.29) is 12.5 Å². The maximum Gasteiger partial charge on any atom is 0.264 e. The van der Waals surface area contributed by atoms with E-state index in [9.17, 15) is 4.79 Å². The van der Waals surface area contributed by atoms with Crippen LogP contribution >= 0.6 is 0 Å². The molecular formula is C20H17NO3. The minimum atomic E-state index is -0.630. The second kappa shape index (κ2) is 6.24. The fraction of sp³-hybridized carbons (Fsp3) is 0.150. The van der Waals surface area contributed by atoms with Crippen LogP contribution in [0.5, 0.6) is 11.5 Å². The summed E-state index contributed by atoms with van der Waals surface area (Å²) < 4.78 is 11.3. The Morgan fingerprint density at radius 1 is 0.958 bits per heavy atom.